The number of benzene rings is 2. The average Bonchev–Trinajstić information content (AvgIpc) is 2.87. The molecule has 0 radical (unpaired) electrons. The molecule has 2 aromatic carbocycles. The second-order valence-corrected chi connectivity index (χ2v) is 9.23. The molecule has 0 bridgehead atoms. The number of imide groups is 1. The summed E-state index contributed by atoms with van der Waals surface area (Å²) in [4.78, 5) is 39.1. The number of carbonyl (C=O) groups excluding carboxylic acids is 3. The van der Waals surface area contributed by atoms with Gasteiger partial charge in [0.25, 0.3) is 5.91 Å². The summed E-state index contributed by atoms with van der Waals surface area (Å²) in [5, 5.41) is 6.08. The van der Waals surface area contributed by atoms with Crippen LogP contribution in [-0.4, -0.2) is 29.3 Å². The summed E-state index contributed by atoms with van der Waals surface area (Å²) in [6.45, 7) is 7.29. The van der Waals surface area contributed by atoms with Crippen molar-refractivity contribution in [2.24, 2.45) is 0 Å². The van der Waals surface area contributed by atoms with E-state index in [1.807, 2.05) is 39.0 Å². The molecule has 0 aliphatic carbocycles. The summed E-state index contributed by atoms with van der Waals surface area (Å²) in [6.07, 6.45) is 0. The van der Waals surface area contributed by atoms with Crippen molar-refractivity contribution in [1.82, 2.24) is 10.2 Å². The van der Waals surface area contributed by atoms with Gasteiger partial charge in [0, 0.05) is 5.69 Å². The van der Waals surface area contributed by atoms with Crippen molar-refractivity contribution in [2.75, 3.05) is 11.9 Å². The van der Waals surface area contributed by atoms with Crippen molar-refractivity contribution in [3.8, 4) is 0 Å². The fraction of sp³-hybridized carbons (Fsp3) is 0.318. The van der Waals surface area contributed by atoms with Gasteiger partial charge in [-0.15, -0.1) is 0 Å². The summed E-state index contributed by atoms with van der Waals surface area (Å²) >= 11 is 12.0. The van der Waals surface area contributed by atoms with Gasteiger partial charge in [-0.25, -0.2) is 4.79 Å². The van der Waals surface area contributed by atoms with Crippen molar-refractivity contribution in [1.29, 1.82) is 0 Å². The van der Waals surface area contributed by atoms with Crippen LogP contribution in [0.1, 0.15) is 38.8 Å². The lowest BCUT2D eigenvalue weighted by Gasteiger charge is -2.24. The van der Waals surface area contributed by atoms with Gasteiger partial charge in [0.15, 0.2) is 0 Å². The molecule has 8 heteroatoms. The van der Waals surface area contributed by atoms with Crippen LogP contribution in [-0.2, 0) is 20.5 Å². The van der Waals surface area contributed by atoms with Crippen LogP contribution in [0.15, 0.2) is 42.5 Å². The Bertz CT molecular complexity index is 1030. The molecule has 0 spiro atoms. The topological polar surface area (TPSA) is 78.5 Å². The lowest BCUT2D eigenvalue weighted by Crippen LogP contribution is -2.42. The molecular formula is C22H23Cl2N3O3. The zero-order valence-corrected chi connectivity index (χ0v) is 18.7. The van der Waals surface area contributed by atoms with Gasteiger partial charge in [-0.3, -0.25) is 14.5 Å². The lowest BCUT2D eigenvalue weighted by atomic mass is 9.86. The van der Waals surface area contributed by atoms with E-state index in [0.29, 0.717) is 16.3 Å². The Kier molecular flexibility index (Phi) is 5.85. The molecule has 158 valence electrons. The molecule has 30 heavy (non-hydrogen) atoms. The zero-order chi connectivity index (χ0) is 22.3. The summed E-state index contributed by atoms with van der Waals surface area (Å²) in [6, 6.07) is 11.5. The highest BCUT2D eigenvalue weighted by atomic mass is 35.5. The van der Waals surface area contributed by atoms with Gasteiger partial charge in [-0.05, 0) is 41.7 Å². The van der Waals surface area contributed by atoms with E-state index in [0.717, 1.165) is 10.5 Å². The molecule has 1 unspecified atom stereocenters. The van der Waals surface area contributed by atoms with E-state index in [2.05, 4.69) is 10.6 Å². The molecule has 1 heterocycles. The van der Waals surface area contributed by atoms with Gasteiger partial charge in [-0.2, -0.15) is 0 Å². The van der Waals surface area contributed by atoms with Crippen LogP contribution in [0.5, 0.6) is 0 Å². The largest absolute Gasteiger partial charge is 0.325 e. The predicted octanol–water partition coefficient (Wildman–Crippen LogP) is 4.70. The van der Waals surface area contributed by atoms with Crippen molar-refractivity contribution in [3.63, 3.8) is 0 Å². The SMILES string of the molecule is CC(C)(C)c1ccccc1NC(=O)CN1C(=O)NC(C)(c2ccc(Cl)c(Cl)c2)C1=O. The number of rotatable bonds is 4. The standard InChI is InChI=1S/C22H23Cl2N3O3/c1-21(2,3)14-7-5-6-8-17(14)25-18(28)12-27-19(29)22(4,26-20(27)30)13-9-10-15(23)16(24)11-13/h5-11H,12H2,1-4H3,(H,25,28)(H,26,30). The number of nitrogens with zero attached hydrogens (tertiary/aromatic N) is 1. The van der Waals surface area contributed by atoms with E-state index < -0.39 is 29.9 Å². The number of carbonyl (C=O) groups is 3. The summed E-state index contributed by atoms with van der Waals surface area (Å²) in [5.74, 6) is -1.00. The van der Waals surface area contributed by atoms with Crippen LogP contribution < -0.4 is 10.6 Å². The molecule has 1 aliphatic heterocycles. The number of halogens is 2. The van der Waals surface area contributed by atoms with Crippen molar-refractivity contribution >= 4 is 46.7 Å². The molecular weight excluding hydrogens is 425 g/mol. The summed E-state index contributed by atoms with van der Waals surface area (Å²) < 4.78 is 0. The predicted molar refractivity (Wildman–Crippen MR) is 118 cm³/mol. The second kappa shape index (κ2) is 7.93. The highest BCUT2D eigenvalue weighted by molar-refractivity contribution is 6.42. The van der Waals surface area contributed by atoms with E-state index >= 15 is 0 Å². The number of amides is 4. The molecule has 0 saturated carbocycles. The first-order valence-electron chi connectivity index (χ1n) is 9.42. The number of hydrogen-bond acceptors (Lipinski definition) is 3. The minimum Gasteiger partial charge on any atom is -0.324 e. The van der Waals surface area contributed by atoms with Crippen LogP contribution in [0.4, 0.5) is 10.5 Å². The van der Waals surface area contributed by atoms with Gasteiger partial charge >= 0.3 is 6.03 Å². The molecule has 1 aliphatic rings. The van der Waals surface area contributed by atoms with Gasteiger partial charge in [0.05, 0.1) is 10.0 Å². The highest BCUT2D eigenvalue weighted by Gasteiger charge is 2.49. The fourth-order valence-corrected chi connectivity index (χ4v) is 3.72. The van der Waals surface area contributed by atoms with E-state index in [1.165, 1.54) is 6.07 Å². The third-order valence-electron chi connectivity index (χ3n) is 5.08. The minimum absolute atomic E-state index is 0.183. The molecule has 2 aromatic rings. The zero-order valence-electron chi connectivity index (χ0n) is 17.2. The Labute approximate surface area is 185 Å². The monoisotopic (exact) mass is 447 g/mol. The Hall–Kier alpha value is -2.57. The first kappa shape index (κ1) is 22.1. The summed E-state index contributed by atoms with van der Waals surface area (Å²) in [5.41, 5.74) is 0.563. The molecule has 1 atom stereocenters. The fourth-order valence-electron chi connectivity index (χ4n) is 3.42. The van der Waals surface area contributed by atoms with Gasteiger partial charge < -0.3 is 10.6 Å². The second-order valence-electron chi connectivity index (χ2n) is 8.42. The van der Waals surface area contributed by atoms with Crippen molar-refractivity contribution < 1.29 is 14.4 Å². The normalized spacial score (nSPS) is 19.1. The van der Waals surface area contributed by atoms with Crippen molar-refractivity contribution in [2.45, 2.75) is 38.6 Å². The van der Waals surface area contributed by atoms with E-state index in [1.54, 1.807) is 25.1 Å². The summed E-state index contributed by atoms with van der Waals surface area (Å²) in [7, 11) is 0. The van der Waals surface area contributed by atoms with E-state index in [-0.39, 0.29) is 10.4 Å². The van der Waals surface area contributed by atoms with Gasteiger partial charge in [-0.1, -0.05) is 68.2 Å². The molecule has 2 N–H and O–H groups in total. The first-order chi connectivity index (χ1) is 13.9. The van der Waals surface area contributed by atoms with Crippen LogP contribution >= 0.6 is 23.2 Å². The minimum atomic E-state index is -1.34. The van der Waals surface area contributed by atoms with Crippen LogP contribution in [0.3, 0.4) is 0 Å². The van der Waals surface area contributed by atoms with Crippen molar-refractivity contribution in [3.05, 3.63) is 63.6 Å². The Morgan fingerprint density at radius 3 is 2.40 bits per heavy atom. The number of nitrogens with one attached hydrogen (secondary N) is 2. The Morgan fingerprint density at radius 2 is 1.77 bits per heavy atom. The van der Waals surface area contributed by atoms with Gasteiger partial charge in [0.2, 0.25) is 5.91 Å². The van der Waals surface area contributed by atoms with Crippen LogP contribution in [0, 0.1) is 0 Å². The maximum atomic E-state index is 13.0. The number of anilines is 1. The quantitative estimate of drug-likeness (QED) is 0.666. The Balaban J connectivity index is 1.79. The molecule has 3 rings (SSSR count). The maximum absolute atomic E-state index is 13.0. The maximum Gasteiger partial charge on any atom is 0.325 e. The molecule has 6 nitrogen and oxygen atoms in total. The number of urea groups is 1. The van der Waals surface area contributed by atoms with Crippen LogP contribution in [0.25, 0.3) is 0 Å². The molecule has 0 aromatic heterocycles. The average molecular weight is 448 g/mol. The lowest BCUT2D eigenvalue weighted by molar-refractivity contribution is -0.133. The van der Waals surface area contributed by atoms with Gasteiger partial charge in [0.1, 0.15) is 12.1 Å². The van der Waals surface area contributed by atoms with E-state index in [4.69, 9.17) is 23.2 Å². The smallest absolute Gasteiger partial charge is 0.324 e. The Morgan fingerprint density at radius 1 is 1.10 bits per heavy atom. The first-order valence-corrected chi connectivity index (χ1v) is 10.2. The van der Waals surface area contributed by atoms with E-state index in [9.17, 15) is 14.4 Å². The highest BCUT2D eigenvalue weighted by Crippen LogP contribution is 2.33. The molecule has 4 amide bonds. The van der Waals surface area contributed by atoms with Crippen LogP contribution in [0.2, 0.25) is 10.0 Å². The third kappa shape index (κ3) is 4.16. The number of hydrogen-bond donors (Lipinski definition) is 2. The third-order valence-corrected chi connectivity index (χ3v) is 5.82. The molecule has 1 fully saturated rings. The number of para-hydroxylation sites is 1. The molecule has 1 saturated heterocycles.